The summed E-state index contributed by atoms with van der Waals surface area (Å²) in [5.41, 5.74) is 3.96. The van der Waals surface area contributed by atoms with E-state index < -0.39 is 34.0 Å². The van der Waals surface area contributed by atoms with Crippen molar-refractivity contribution in [3.05, 3.63) is 81.9 Å². The molecule has 0 aliphatic rings. The zero-order valence-corrected chi connectivity index (χ0v) is 21.9. The number of hydrogen-bond acceptors (Lipinski definition) is 2. The second kappa shape index (κ2) is 8.68. The molecule has 1 aromatic heterocycles. The third-order valence-electron chi connectivity index (χ3n) is 6.42. The van der Waals surface area contributed by atoms with Gasteiger partial charge in [0.25, 0.3) is 0 Å². The molecule has 0 bridgehead atoms. The molecule has 2 nitrogen and oxygen atoms in total. The molecule has 36 heavy (non-hydrogen) atoms. The van der Waals surface area contributed by atoms with Crippen LogP contribution in [-0.2, 0) is 10.8 Å². The quantitative estimate of drug-likeness (QED) is 0.158. The van der Waals surface area contributed by atoms with Crippen molar-refractivity contribution in [1.82, 2.24) is 10.2 Å². The van der Waals surface area contributed by atoms with Crippen molar-refractivity contribution >= 4 is 10.8 Å². The molecule has 0 fully saturated rings. The predicted octanol–water partition coefficient (Wildman–Crippen LogP) is 8.73. The van der Waals surface area contributed by atoms with Crippen molar-refractivity contribution in [2.24, 2.45) is 0 Å². The van der Waals surface area contributed by atoms with Crippen molar-refractivity contribution in [2.75, 3.05) is 0 Å². The maximum absolute atomic E-state index is 15.4. The number of aromatic nitrogens is 2. The van der Waals surface area contributed by atoms with Crippen LogP contribution in [0.2, 0.25) is 0 Å². The highest BCUT2D eigenvalue weighted by atomic mass is 19.2. The molecule has 0 saturated carbocycles. The van der Waals surface area contributed by atoms with Crippen LogP contribution in [0.5, 0.6) is 0 Å². The summed E-state index contributed by atoms with van der Waals surface area (Å²) < 4.78 is 59.9. The molecular formula is C30H30F4N2. The Balaban J connectivity index is 2.14. The molecule has 0 radical (unpaired) electrons. The molecular weight excluding hydrogens is 464 g/mol. The van der Waals surface area contributed by atoms with Gasteiger partial charge in [0.15, 0.2) is 23.3 Å². The number of hydrogen-bond donors (Lipinski definition) is 0. The van der Waals surface area contributed by atoms with Crippen LogP contribution in [0, 0.1) is 37.1 Å². The normalized spacial score (nSPS) is 12.4. The molecule has 0 unspecified atom stereocenters. The lowest BCUT2D eigenvalue weighted by Crippen LogP contribution is -2.12. The van der Waals surface area contributed by atoms with Crippen LogP contribution >= 0.6 is 0 Å². The average Bonchev–Trinajstić information content (AvgIpc) is 2.78. The predicted molar refractivity (Wildman–Crippen MR) is 137 cm³/mol. The van der Waals surface area contributed by atoms with E-state index in [1.807, 2.05) is 67.5 Å². The Morgan fingerprint density at radius 3 is 1.14 bits per heavy atom. The van der Waals surface area contributed by atoms with E-state index in [9.17, 15) is 8.78 Å². The molecule has 4 aromatic rings. The van der Waals surface area contributed by atoms with Crippen molar-refractivity contribution in [2.45, 2.75) is 66.2 Å². The summed E-state index contributed by atoms with van der Waals surface area (Å²) in [5, 5.41) is 7.67. The van der Waals surface area contributed by atoms with Crippen LogP contribution in [0.4, 0.5) is 17.6 Å². The number of aryl methyl sites for hydroxylation is 2. The van der Waals surface area contributed by atoms with Crippen molar-refractivity contribution in [3.8, 4) is 22.5 Å². The van der Waals surface area contributed by atoms with E-state index in [1.54, 1.807) is 24.3 Å². The van der Waals surface area contributed by atoms with Gasteiger partial charge in [-0.2, -0.15) is 0 Å². The van der Waals surface area contributed by atoms with Crippen LogP contribution in [0.3, 0.4) is 0 Å². The number of nitrogens with zero attached hydrogens (tertiary/aromatic N) is 2. The van der Waals surface area contributed by atoms with Gasteiger partial charge >= 0.3 is 0 Å². The second-order valence-electron chi connectivity index (χ2n) is 11.6. The molecule has 4 rings (SSSR count). The Morgan fingerprint density at radius 1 is 0.500 bits per heavy atom. The van der Waals surface area contributed by atoms with Gasteiger partial charge in [0.05, 0.1) is 10.8 Å². The van der Waals surface area contributed by atoms with Gasteiger partial charge in [-0.1, -0.05) is 64.8 Å². The molecule has 0 amide bonds. The fraction of sp³-hybridized carbons (Fsp3) is 0.333. The minimum atomic E-state index is -1.87. The summed E-state index contributed by atoms with van der Waals surface area (Å²) >= 11 is 0. The Hall–Kier alpha value is -3.28. The number of halogens is 4. The van der Waals surface area contributed by atoms with Gasteiger partial charge in [0, 0.05) is 11.1 Å². The molecule has 3 aromatic carbocycles. The molecule has 0 N–H and O–H groups in total. The summed E-state index contributed by atoms with van der Waals surface area (Å²) in [4.78, 5) is 0. The maximum Gasteiger partial charge on any atom is 0.198 e. The second-order valence-corrected chi connectivity index (χ2v) is 11.6. The number of rotatable bonds is 2. The first-order valence-electron chi connectivity index (χ1n) is 11.9. The summed E-state index contributed by atoms with van der Waals surface area (Å²) in [6.45, 7) is 15.9. The lowest BCUT2D eigenvalue weighted by atomic mass is 9.84. The first-order valence-corrected chi connectivity index (χ1v) is 11.9. The monoisotopic (exact) mass is 494 g/mol. The Kier molecular flexibility index (Phi) is 6.22. The number of fused-ring (bicyclic) bond motifs is 1. The van der Waals surface area contributed by atoms with Crippen molar-refractivity contribution in [1.29, 1.82) is 0 Å². The first-order chi connectivity index (χ1) is 16.6. The van der Waals surface area contributed by atoms with Gasteiger partial charge in [-0.05, 0) is 60.1 Å². The van der Waals surface area contributed by atoms with Gasteiger partial charge in [-0.15, -0.1) is 10.2 Å². The molecule has 0 aliphatic carbocycles. The lowest BCUT2D eigenvalue weighted by Gasteiger charge is -2.22. The molecule has 6 heteroatoms. The maximum atomic E-state index is 15.4. The molecule has 1 heterocycles. The largest absolute Gasteiger partial charge is 0.203 e. The van der Waals surface area contributed by atoms with E-state index >= 15 is 8.78 Å². The standard InChI is InChI=1S/C30H30F4N2/c1-15-9-17(13-19(11-15)29(3,4)5)27-21-22(24(32)26(34)25(33)23(21)31)28(36-35-27)18-10-16(2)12-20(14-18)30(6,7)8/h9-14H,1-8H3. The average molecular weight is 495 g/mol. The van der Waals surface area contributed by atoms with Gasteiger partial charge in [-0.3, -0.25) is 0 Å². The Labute approximate surface area is 209 Å². The highest BCUT2D eigenvalue weighted by Gasteiger charge is 2.28. The van der Waals surface area contributed by atoms with E-state index in [2.05, 4.69) is 10.2 Å². The van der Waals surface area contributed by atoms with Crippen molar-refractivity contribution < 1.29 is 17.6 Å². The summed E-state index contributed by atoms with van der Waals surface area (Å²) in [6, 6.07) is 11.1. The molecule has 0 aliphatic heterocycles. The van der Waals surface area contributed by atoms with E-state index in [4.69, 9.17) is 0 Å². The fourth-order valence-electron chi connectivity index (χ4n) is 4.39. The van der Waals surface area contributed by atoms with Gasteiger partial charge in [-0.25, -0.2) is 17.6 Å². The fourth-order valence-corrected chi connectivity index (χ4v) is 4.39. The smallest absolute Gasteiger partial charge is 0.198 e. The topological polar surface area (TPSA) is 25.8 Å². The van der Waals surface area contributed by atoms with Crippen molar-refractivity contribution in [3.63, 3.8) is 0 Å². The number of benzene rings is 3. The third kappa shape index (κ3) is 4.49. The minimum absolute atomic E-state index is 0.0399. The van der Waals surface area contributed by atoms with Gasteiger partial charge in [0.1, 0.15) is 11.4 Å². The molecule has 188 valence electrons. The van der Waals surface area contributed by atoms with Gasteiger partial charge in [0.2, 0.25) is 0 Å². The zero-order chi connectivity index (χ0) is 26.7. The van der Waals surface area contributed by atoms with Crippen LogP contribution in [0.15, 0.2) is 36.4 Å². The summed E-state index contributed by atoms with van der Waals surface area (Å²) in [7, 11) is 0. The summed E-state index contributed by atoms with van der Waals surface area (Å²) in [5.74, 6) is -6.72. The highest BCUT2D eigenvalue weighted by molar-refractivity contribution is 6.02. The Bertz CT molecular complexity index is 1400. The molecule has 0 saturated heterocycles. The van der Waals surface area contributed by atoms with E-state index in [1.165, 1.54) is 0 Å². The van der Waals surface area contributed by atoms with Gasteiger partial charge < -0.3 is 0 Å². The molecule has 0 atom stereocenters. The third-order valence-corrected chi connectivity index (χ3v) is 6.42. The van der Waals surface area contributed by atoms with Crippen LogP contribution in [0.25, 0.3) is 33.3 Å². The summed E-state index contributed by atoms with van der Waals surface area (Å²) in [6.07, 6.45) is 0. The van der Waals surface area contributed by atoms with Crippen LogP contribution < -0.4 is 0 Å². The first kappa shape index (κ1) is 25.8. The van der Waals surface area contributed by atoms with Crippen LogP contribution in [0.1, 0.15) is 63.8 Å². The van der Waals surface area contributed by atoms with E-state index in [0.717, 1.165) is 22.3 Å². The SMILES string of the molecule is Cc1cc(-c2nnc(-c3cc(C)cc(C(C)(C)C)c3)c3c(F)c(F)c(F)c(F)c23)cc(C(C)(C)C)c1. The lowest BCUT2D eigenvalue weighted by molar-refractivity contribution is 0.418. The van der Waals surface area contributed by atoms with E-state index in [-0.39, 0.29) is 22.2 Å². The minimum Gasteiger partial charge on any atom is -0.203 e. The van der Waals surface area contributed by atoms with Crippen LogP contribution in [-0.4, -0.2) is 10.2 Å². The highest BCUT2D eigenvalue weighted by Crippen LogP contribution is 2.40. The van der Waals surface area contributed by atoms with E-state index in [0.29, 0.717) is 11.1 Å². The Morgan fingerprint density at radius 2 is 0.833 bits per heavy atom. The zero-order valence-electron chi connectivity index (χ0n) is 21.9. The molecule has 0 spiro atoms.